The number of carbonyl (C=O) groups is 2. The first kappa shape index (κ1) is 28.3. The van der Waals surface area contributed by atoms with Crippen LogP contribution in [0.15, 0.2) is 53.5 Å². The Kier molecular flexibility index (Phi) is 8.29. The minimum absolute atomic E-state index is 0.0292. The Labute approximate surface area is 231 Å². The van der Waals surface area contributed by atoms with E-state index in [-0.39, 0.29) is 23.2 Å². The number of methoxy groups -OCH3 is 1. The highest BCUT2D eigenvalue weighted by Crippen LogP contribution is 2.44. The van der Waals surface area contributed by atoms with Crippen LogP contribution in [0.25, 0.3) is 0 Å². The predicted molar refractivity (Wildman–Crippen MR) is 150 cm³/mol. The molecule has 12 heteroatoms. The number of alkyl carbamates (subject to hydrolysis) is 1. The molecule has 9 nitrogen and oxygen atoms in total. The molecule has 2 fully saturated rings. The summed E-state index contributed by atoms with van der Waals surface area (Å²) < 4.78 is 35.8. The van der Waals surface area contributed by atoms with Gasteiger partial charge in [-0.25, -0.2) is 13.2 Å². The molecule has 2 aromatic carbocycles. The van der Waals surface area contributed by atoms with Crippen molar-refractivity contribution in [3.63, 3.8) is 0 Å². The van der Waals surface area contributed by atoms with E-state index in [9.17, 15) is 18.0 Å². The Morgan fingerprint density at radius 3 is 2.55 bits per heavy atom. The minimum atomic E-state index is -3.27. The van der Waals surface area contributed by atoms with E-state index in [1.165, 1.54) is 18.9 Å². The molecule has 2 saturated heterocycles. The fraction of sp³-hybridized carbons (Fsp3) is 0.423. The fourth-order valence-electron chi connectivity index (χ4n) is 4.37. The summed E-state index contributed by atoms with van der Waals surface area (Å²) in [5.41, 5.74) is 0.599. The van der Waals surface area contributed by atoms with Gasteiger partial charge in [0.25, 0.3) is 5.91 Å². The molecule has 204 valence electrons. The minimum Gasteiger partial charge on any atom is -0.495 e. The van der Waals surface area contributed by atoms with Gasteiger partial charge in [-0.15, -0.1) is 0 Å². The van der Waals surface area contributed by atoms with Crippen molar-refractivity contribution >= 4 is 56.1 Å². The number of sulfone groups is 1. The molecule has 2 heterocycles. The van der Waals surface area contributed by atoms with Crippen molar-refractivity contribution in [2.75, 3.05) is 23.5 Å². The van der Waals surface area contributed by atoms with Crippen LogP contribution in [-0.2, 0) is 25.8 Å². The zero-order valence-electron chi connectivity index (χ0n) is 21.5. The maximum atomic E-state index is 13.6. The van der Waals surface area contributed by atoms with E-state index >= 15 is 0 Å². The number of amides is 2. The van der Waals surface area contributed by atoms with Crippen LogP contribution in [0.5, 0.6) is 5.75 Å². The van der Waals surface area contributed by atoms with E-state index in [4.69, 9.17) is 21.1 Å². The Morgan fingerprint density at radius 2 is 1.89 bits per heavy atom. The average molecular weight is 580 g/mol. The standard InChI is InChI=1S/C26H30ClN3O6S2/c1-26(2,3)36-25(32)28-18(12-16-8-6-5-7-9-16)23(31)29-24-30(19-13-17(27)10-11-21(19)35-4)20-14-38(33,34)15-22(20)37-24/h5-11,13,18,20,22H,12,14-15H2,1-4H3,(H,28,32)/t18-,20-,22+/m1/s1. The summed E-state index contributed by atoms with van der Waals surface area (Å²) in [5.74, 6) is -0.237. The van der Waals surface area contributed by atoms with Crippen molar-refractivity contribution in [3.05, 3.63) is 59.1 Å². The summed E-state index contributed by atoms with van der Waals surface area (Å²) in [6, 6.07) is 12.8. The van der Waals surface area contributed by atoms with Gasteiger partial charge in [-0.2, -0.15) is 4.99 Å². The van der Waals surface area contributed by atoms with Crippen LogP contribution >= 0.6 is 23.4 Å². The summed E-state index contributed by atoms with van der Waals surface area (Å²) in [6.07, 6.45) is -0.537. The van der Waals surface area contributed by atoms with Gasteiger partial charge in [0.15, 0.2) is 15.0 Å². The van der Waals surface area contributed by atoms with Crippen LogP contribution in [0.4, 0.5) is 10.5 Å². The van der Waals surface area contributed by atoms with E-state index in [1.54, 1.807) is 43.9 Å². The van der Waals surface area contributed by atoms with Crippen molar-refractivity contribution in [1.82, 2.24) is 5.32 Å². The molecular formula is C26H30ClN3O6S2. The molecule has 0 radical (unpaired) electrons. The van der Waals surface area contributed by atoms with Gasteiger partial charge in [-0.05, 0) is 44.5 Å². The Hall–Kier alpha value is -2.76. The number of hydrogen-bond acceptors (Lipinski definition) is 7. The second kappa shape index (κ2) is 11.2. The first-order chi connectivity index (χ1) is 17.8. The number of amidine groups is 1. The van der Waals surface area contributed by atoms with Crippen molar-refractivity contribution < 1.29 is 27.5 Å². The Bertz CT molecular complexity index is 1340. The SMILES string of the molecule is COc1ccc(Cl)cc1N1C(=NC(=O)[C@@H](Cc2ccccc2)NC(=O)OC(C)(C)C)S[C@H]2CS(=O)(=O)C[C@H]21. The largest absolute Gasteiger partial charge is 0.495 e. The highest BCUT2D eigenvalue weighted by molar-refractivity contribution is 8.16. The molecule has 0 saturated carbocycles. The summed E-state index contributed by atoms with van der Waals surface area (Å²) in [4.78, 5) is 32.3. The molecule has 3 atom stereocenters. The Morgan fingerprint density at radius 1 is 1.18 bits per heavy atom. The molecule has 0 aliphatic carbocycles. The molecule has 0 unspecified atom stereocenters. The van der Waals surface area contributed by atoms with Crippen LogP contribution in [0.3, 0.4) is 0 Å². The number of carbonyl (C=O) groups excluding carboxylic acids is 2. The van der Waals surface area contributed by atoms with Crippen molar-refractivity contribution in [3.8, 4) is 5.75 Å². The molecule has 2 aliphatic rings. The Balaban J connectivity index is 1.70. The van der Waals surface area contributed by atoms with Crippen LogP contribution in [0.2, 0.25) is 5.02 Å². The van der Waals surface area contributed by atoms with Crippen molar-refractivity contribution in [2.24, 2.45) is 4.99 Å². The highest BCUT2D eigenvalue weighted by Gasteiger charge is 2.50. The van der Waals surface area contributed by atoms with Gasteiger partial charge in [-0.3, -0.25) is 4.79 Å². The summed E-state index contributed by atoms with van der Waals surface area (Å²) in [5, 5.41) is 3.09. The topological polar surface area (TPSA) is 114 Å². The van der Waals surface area contributed by atoms with Gasteiger partial charge in [0.1, 0.15) is 17.4 Å². The van der Waals surface area contributed by atoms with Crippen LogP contribution in [-0.4, -0.2) is 67.1 Å². The zero-order chi connectivity index (χ0) is 27.7. The number of benzene rings is 2. The van der Waals surface area contributed by atoms with Crippen LogP contribution < -0.4 is 15.0 Å². The fourth-order valence-corrected chi connectivity index (χ4v) is 8.45. The van der Waals surface area contributed by atoms with E-state index in [2.05, 4.69) is 10.3 Å². The lowest BCUT2D eigenvalue weighted by atomic mass is 10.1. The van der Waals surface area contributed by atoms with Gasteiger partial charge >= 0.3 is 6.09 Å². The van der Waals surface area contributed by atoms with E-state index in [1.807, 2.05) is 30.3 Å². The summed E-state index contributed by atoms with van der Waals surface area (Å²) in [6.45, 7) is 5.21. The lowest BCUT2D eigenvalue weighted by Crippen LogP contribution is -2.45. The zero-order valence-corrected chi connectivity index (χ0v) is 23.9. The predicted octanol–water partition coefficient (Wildman–Crippen LogP) is 4.09. The number of hydrogen-bond donors (Lipinski definition) is 1. The summed E-state index contributed by atoms with van der Waals surface area (Å²) in [7, 11) is -1.77. The van der Waals surface area contributed by atoms with Crippen molar-refractivity contribution in [1.29, 1.82) is 0 Å². The highest BCUT2D eigenvalue weighted by atomic mass is 35.5. The molecule has 2 amide bonds. The van der Waals surface area contributed by atoms with Crippen molar-refractivity contribution in [2.45, 2.75) is 50.1 Å². The third kappa shape index (κ3) is 6.81. The van der Waals surface area contributed by atoms with Crippen LogP contribution in [0, 0.1) is 0 Å². The monoisotopic (exact) mass is 579 g/mol. The number of aliphatic imine (C=N–C) groups is 1. The molecule has 4 rings (SSSR count). The third-order valence-electron chi connectivity index (χ3n) is 5.94. The number of thioether (sulfide) groups is 1. The van der Waals surface area contributed by atoms with E-state index in [0.29, 0.717) is 21.6 Å². The van der Waals surface area contributed by atoms with Gasteiger partial charge in [0.05, 0.1) is 30.3 Å². The number of nitrogens with one attached hydrogen (secondary N) is 1. The number of anilines is 1. The maximum absolute atomic E-state index is 13.6. The number of rotatable bonds is 6. The maximum Gasteiger partial charge on any atom is 0.408 e. The van der Waals surface area contributed by atoms with Gasteiger partial charge in [0, 0.05) is 16.7 Å². The second-order valence-electron chi connectivity index (χ2n) is 10.1. The number of nitrogens with zero attached hydrogens (tertiary/aromatic N) is 2. The third-order valence-corrected chi connectivity index (χ3v) is 9.39. The first-order valence-corrected chi connectivity index (χ1v) is 15.1. The molecule has 2 aromatic rings. The normalized spacial score (nSPS) is 22.1. The van der Waals surface area contributed by atoms with Gasteiger partial charge in [0.2, 0.25) is 0 Å². The van der Waals surface area contributed by atoms with E-state index in [0.717, 1.165) is 5.56 Å². The van der Waals surface area contributed by atoms with Crippen LogP contribution in [0.1, 0.15) is 26.3 Å². The first-order valence-electron chi connectivity index (χ1n) is 12.0. The molecule has 38 heavy (non-hydrogen) atoms. The average Bonchev–Trinajstić information content (AvgIpc) is 3.28. The second-order valence-corrected chi connectivity index (χ2v) is 13.9. The molecule has 2 aliphatic heterocycles. The lowest BCUT2D eigenvalue weighted by Gasteiger charge is -2.27. The number of ether oxygens (including phenoxy) is 2. The van der Waals surface area contributed by atoms with Gasteiger partial charge in [-0.1, -0.05) is 53.7 Å². The van der Waals surface area contributed by atoms with E-state index < -0.39 is 39.5 Å². The number of halogens is 1. The van der Waals surface area contributed by atoms with Gasteiger partial charge < -0.3 is 19.7 Å². The summed E-state index contributed by atoms with van der Waals surface area (Å²) >= 11 is 7.51. The molecule has 0 spiro atoms. The number of fused-ring (bicyclic) bond motifs is 1. The molecular weight excluding hydrogens is 550 g/mol. The molecule has 0 bridgehead atoms. The molecule has 0 aromatic heterocycles. The molecule has 1 N–H and O–H groups in total. The quantitative estimate of drug-likeness (QED) is 0.544. The smallest absolute Gasteiger partial charge is 0.408 e. The lowest BCUT2D eigenvalue weighted by molar-refractivity contribution is -0.119.